The molecule has 152 valence electrons. The second-order valence-corrected chi connectivity index (χ2v) is 8.63. The number of nitrogens with zero attached hydrogens (tertiary/aromatic N) is 1. The zero-order chi connectivity index (χ0) is 20.6. The molecular weight excluding hydrogens is 376 g/mol. The zero-order valence-corrected chi connectivity index (χ0v) is 17.5. The quantitative estimate of drug-likeness (QED) is 0.661. The number of sulfonamides is 1. The molecule has 0 aliphatic carbocycles. The minimum absolute atomic E-state index is 0.0779. The summed E-state index contributed by atoms with van der Waals surface area (Å²) in [5.74, 6) is 0.725. The number of amides is 1. The summed E-state index contributed by atoms with van der Waals surface area (Å²) in [6.07, 6.45) is 2.64. The van der Waals surface area contributed by atoms with E-state index in [9.17, 15) is 13.2 Å². The molecular formula is C21H28N2O4S. The molecule has 0 atom stereocenters. The van der Waals surface area contributed by atoms with Gasteiger partial charge in [0.1, 0.15) is 5.75 Å². The number of methoxy groups -OCH3 is 1. The molecule has 0 radical (unpaired) electrons. The molecule has 1 amide bonds. The summed E-state index contributed by atoms with van der Waals surface area (Å²) in [5.41, 5.74) is 2.80. The monoisotopic (exact) mass is 404 g/mol. The van der Waals surface area contributed by atoms with E-state index in [0.717, 1.165) is 23.3 Å². The molecule has 0 unspecified atom stereocenters. The normalized spacial score (nSPS) is 11.1. The van der Waals surface area contributed by atoms with Gasteiger partial charge in [0.2, 0.25) is 15.9 Å². The van der Waals surface area contributed by atoms with E-state index in [1.807, 2.05) is 43.3 Å². The average molecular weight is 405 g/mol. The zero-order valence-electron chi connectivity index (χ0n) is 16.6. The highest BCUT2D eigenvalue weighted by molar-refractivity contribution is 7.92. The average Bonchev–Trinajstić information content (AvgIpc) is 2.66. The van der Waals surface area contributed by atoms with Gasteiger partial charge in [-0.2, -0.15) is 0 Å². The molecule has 2 rings (SSSR count). The molecule has 0 spiro atoms. The van der Waals surface area contributed by atoms with Gasteiger partial charge in [-0.15, -0.1) is 0 Å². The fraction of sp³-hybridized carbons (Fsp3) is 0.381. The summed E-state index contributed by atoms with van der Waals surface area (Å²) < 4.78 is 30.6. The first-order chi connectivity index (χ1) is 13.3. The van der Waals surface area contributed by atoms with Crippen LogP contribution < -0.4 is 14.4 Å². The van der Waals surface area contributed by atoms with Gasteiger partial charge in [-0.3, -0.25) is 9.10 Å². The lowest BCUT2D eigenvalue weighted by molar-refractivity contribution is -0.121. The number of nitrogens with one attached hydrogen (secondary N) is 1. The number of hydrogen-bond acceptors (Lipinski definition) is 4. The summed E-state index contributed by atoms with van der Waals surface area (Å²) in [4.78, 5) is 12.0. The van der Waals surface area contributed by atoms with Gasteiger partial charge in [-0.1, -0.05) is 29.8 Å². The molecule has 0 bridgehead atoms. The third kappa shape index (κ3) is 6.88. The maximum absolute atomic E-state index is 12.1. The molecule has 0 heterocycles. The predicted octanol–water partition coefficient (Wildman–Crippen LogP) is 2.91. The van der Waals surface area contributed by atoms with Crippen LogP contribution in [0.1, 0.15) is 24.0 Å². The Morgan fingerprint density at radius 1 is 1.07 bits per heavy atom. The van der Waals surface area contributed by atoms with Gasteiger partial charge in [0.25, 0.3) is 0 Å². The van der Waals surface area contributed by atoms with Crippen molar-refractivity contribution in [2.75, 3.05) is 30.8 Å². The summed E-state index contributed by atoms with van der Waals surface area (Å²) in [7, 11) is -1.77. The molecule has 2 aromatic rings. The Hall–Kier alpha value is -2.54. The van der Waals surface area contributed by atoms with Crippen LogP contribution in [-0.4, -0.2) is 40.8 Å². The SMILES string of the molecule is COc1ccc(CCNC(=O)CCCN(c2ccc(C)cc2)S(C)(=O)=O)cc1. The minimum Gasteiger partial charge on any atom is -0.497 e. The Kier molecular flexibility index (Phi) is 7.87. The van der Waals surface area contributed by atoms with Crippen molar-refractivity contribution >= 4 is 21.6 Å². The van der Waals surface area contributed by atoms with Gasteiger partial charge in [0.15, 0.2) is 0 Å². The van der Waals surface area contributed by atoms with E-state index in [1.54, 1.807) is 19.2 Å². The molecule has 1 N–H and O–H groups in total. The van der Waals surface area contributed by atoms with Crippen LogP contribution in [0.15, 0.2) is 48.5 Å². The molecule has 0 aliphatic heterocycles. The third-order valence-corrected chi connectivity index (χ3v) is 5.58. The lowest BCUT2D eigenvalue weighted by Crippen LogP contribution is -2.32. The molecule has 0 saturated heterocycles. The van der Waals surface area contributed by atoms with Gasteiger partial charge in [-0.25, -0.2) is 8.42 Å². The molecule has 0 aromatic heterocycles. The fourth-order valence-corrected chi connectivity index (χ4v) is 3.77. The highest BCUT2D eigenvalue weighted by Gasteiger charge is 2.17. The Labute approximate surface area is 167 Å². The lowest BCUT2D eigenvalue weighted by atomic mass is 10.1. The minimum atomic E-state index is -3.40. The van der Waals surface area contributed by atoms with Gasteiger partial charge in [-0.05, 0) is 49.6 Å². The standard InChI is InChI=1S/C21H28N2O4S/c1-17-6-10-19(11-7-17)23(28(3,25)26)16-4-5-21(24)22-15-14-18-8-12-20(27-2)13-9-18/h6-13H,4-5,14-16H2,1-3H3,(H,22,24). The molecule has 0 aliphatic rings. The Bertz CT molecular complexity index is 862. The van der Waals surface area contributed by atoms with Gasteiger partial charge in [0.05, 0.1) is 19.1 Å². The maximum Gasteiger partial charge on any atom is 0.232 e. The van der Waals surface area contributed by atoms with Crippen LogP contribution in [0.4, 0.5) is 5.69 Å². The van der Waals surface area contributed by atoms with Crippen molar-refractivity contribution in [3.8, 4) is 5.75 Å². The topological polar surface area (TPSA) is 75.7 Å². The predicted molar refractivity (Wildman–Crippen MR) is 112 cm³/mol. The summed E-state index contributed by atoms with van der Waals surface area (Å²) in [6, 6.07) is 15.0. The number of ether oxygens (including phenoxy) is 1. The number of benzene rings is 2. The van der Waals surface area contributed by atoms with Gasteiger partial charge >= 0.3 is 0 Å². The van der Waals surface area contributed by atoms with Crippen molar-refractivity contribution < 1.29 is 17.9 Å². The van der Waals surface area contributed by atoms with Crippen molar-refractivity contribution in [2.24, 2.45) is 0 Å². The number of carbonyl (C=O) groups is 1. The molecule has 2 aromatic carbocycles. The van der Waals surface area contributed by atoms with Crippen LogP contribution >= 0.6 is 0 Å². The van der Waals surface area contributed by atoms with Crippen LogP contribution in [0.3, 0.4) is 0 Å². The summed E-state index contributed by atoms with van der Waals surface area (Å²) in [6.45, 7) is 2.76. The largest absolute Gasteiger partial charge is 0.497 e. The second-order valence-electron chi connectivity index (χ2n) is 6.72. The molecule has 7 heteroatoms. The summed E-state index contributed by atoms with van der Waals surface area (Å²) >= 11 is 0. The number of hydrogen-bond donors (Lipinski definition) is 1. The fourth-order valence-electron chi connectivity index (χ4n) is 2.81. The number of rotatable bonds is 10. The molecule has 6 nitrogen and oxygen atoms in total. The Morgan fingerprint density at radius 3 is 2.29 bits per heavy atom. The Balaban J connectivity index is 1.78. The van der Waals surface area contributed by atoms with Crippen molar-refractivity contribution in [2.45, 2.75) is 26.2 Å². The van der Waals surface area contributed by atoms with Gasteiger partial charge in [0, 0.05) is 19.5 Å². The van der Waals surface area contributed by atoms with Crippen molar-refractivity contribution in [1.82, 2.24) is 5.32 Å². The van der Waals surface area contributed by atoms with Crippen molar-refractivity contribution in [3.05, 3.63) is 59.7 Å². The van der Waals surface area contributed by atoms with Crippen LogP contribution in [-0.2, 0) is 21.2 Å². The van der Waals surface area contributed by atoms with Gasteiger partial charge < -0.3 is 10.1 Å². The second kappa shape index (κ2) is 10.1. The third-order valence-electron chi connectivity index (χ3n) is 4.38. The van der Waals surface area contributed by atoms with Crippen LogP contribution in [0, 0.1) is 6.92 Å². The first-order valence-electron chi connectivity index (χ1n) is 9.23. The van der Waals surface area contributed by atoms with E-state index in [2.05, 4.69) is 5.32 Å². The Morgan fingerprint density at radius 2 is 1.71 bits per heavy atom. The van der Waals surface area contributed by atoms with E-state index in [4.69, 9.17) is 4.74 Å². The van der Waals surface area contributed by atoms with E-state index in [-0.39, 0.29) is 18.9 Å². The number of aryl methyl sites for hydroxylation is 1. The lowest BCUT2D eigenvalue weighted by Gasteiger charge is -2.22. The van der Waals surface area contributed by atoms with Crippen LogP contribution in [0.5, 0.6) is 5.75 Å². The van der Waals surface area contributed by atoms with Crippen LogP contribution in [0.25, 0.3) is 0 Å². The van der Waals surface area contributed by atoms with E-state index in [1.165, 1.54) is 10.6 Å². The molecule has 0 fully saturated rings. The number of carbonyl (C=O) groups excluding carboxylic acids is 1. The van der Waals surface area contributed by atoms with Crippen LogP contribution in [0.2, 0.25) is 0 Å². The van der Waals surface area contributed by atoms with E-state index >= 15 is 0 Å². The maximum atomic E-state index is 12.1. The highest BCUT2D eigenvalue weighted by atomic mass is 32.2. The molecule has 0 saturated carbocycles. The van der Waals surface area contributed by atoms with Crippen molar-refractivity contribution in [3.63, 3.8) is 0 Å². The smallest absolute Gasteiger partial charge is 0.232 e. The van der Waals surface area contributed by atoms with Crippen molar-refractivity contribution in [1.29, 1.82) is 0 Å². The summed E-state index contributed by atoms with van der Waals surface area (Å²) in [5, 5.41) is 2.88. The first-order valence-corrected chi connectivity index (χ1v) is 11.1. The highest BCUT2D eigenvalue weighted by Crippen LogP contribution is 2.19. The molecule has 28 heavy (non-hydrogen) atoms. The first kappa shape index (κ1) is 21.8. The van der Waals surface area contributed by atoms with E-state index in [0.29, 0.717) is 18.7 Å². The van der Waals surface area contributed by atoms with E-state index < -0.39 is 10.0 Å². The number of anilines is 1.